The van der Waals surface area contributed by atoms with E-state index in [0.717, 1.165) is 15.7 Å². The second kappa shape index (κ2) is 5.85. The largest absolute Gasteiger partial charge is 0.388 e. The molecule has 0 aliphatic heterocycles. The number of anilines is 2. The highest BCUT2D eigenvalue weighted by atomic mass is 79.9. The summed E-state index contributed by atoms with van der Waals surface area (Å²) in [5.74, 6) is 0. The van der Waals surface area contributed by atoms with Crippen LogP contribution in [0.5, 0.6) is 0 Å². The molecule has 0 aliphatic rings. The first kappa shape index (κ1) is 14.9. The maximum absolute atomic E-state index is 12.3. The lowest BCUT2D eigenvalue weighted by molar-refractivity contribution is 0.601. The van der Waals surface area contributed by atoms with Crippen molar-refractivity contribution in [2.75, 3.05) is 17.1 Å². The Labute approximate surface area is 127 Å². The lowest BCUT2D eigenvalue weighted by Crippen LogP contribution is -2.13. The Morgan fingerprint density at radius 3 is 2.20 bits per heavy atom. The minimum Gasteiger partial charge on any atom is -0.388 e. The van der Waals surface area contributed by atoms with Crippen molar-refractivity contribution in [3.8, 4) is 0 Å². The number of rotatable bonds is 4. The van der Waals surface area contributed by atoms with Crippen LogP contribution in [0.15, 0.2) is 51.8 Å². The summed E-state index contributed by atoms with van der Waals surface area (Å²) >= 11 is 3.35. The number of benzene rings is 2. The monoisotopic (exact) mass is 354 g/mol. The van der Waals surface area contributed by atoms with Gasteiger partial charge in [-0.1, -0.05) is 15.9 Å². The van der Waals surface area contributed by atoms with E-state index in [2.05, 4.69) is 26.0 Å². The van der Waals surface area contributed by atoms with E-state index < -0.39 is 10.0 Å². The standard InChI is InChI=1S/C14H15BrN2O2S/c1-10-7-11(15)9-13(8-10)17-20(18,19)14-5-3-12(16-2)4-6-14/h3-9,16-17H,1-2H3. The molecule has 0 atom stereocenters. The fourth-order valence-electron chi connectivity index (χ4n) is 1.81. The van der Waals surface area contributed by atoms with Gasteiger partial charge in [0.2, 0.25) is 0 Å². The summed E-state index contributed by atoms with van der Waals surface area (Å²) in [6.45, 7) is 1.91. The van der Waals surface area contributed by atoms with Crippen LogP contribution in [-0.2, 0) is 10.0 Å². The smallest absolute Gasteiger partial charge is 0.261 e. The molecule has 0 spiro atoms. The Morgan fingerprint density at radius 1 is 1.00 bits per heavy atom. The molecule has 20 heavy (non-hydrogen) atoms. The molecule has 0 radical (unpaired) electrons. The van der Waals surface area contributed by atoms with Crippen LogP contribution in [0.3, 0.4) is 0 Å². The molecule has 0 fully saturated rings. The number of aryl methyl sites for hydroxylation is 1. The van der Waals surface area contributed by atoms with E-state index in [4.69, 9.17) is 0 Å². The summed E-state index contributed by atoms with van der Waals surface area (Å²) in [5.41, 5.74) is 2.37. The van der Waals surface area contributed by atoms with Crippen molar-refractivity contribution in [1.29, 1.82) is 0 Å². The van der Waals surface area contributed by atoms with Crippen LogP contribution in [0, 0.1) is 6.92 Å². The van der Waals surface area contributed by atoms with Gasteiger partial charge in [0.1, 0.15) is 0 Å². The van der Waals surface area contributed by atoms with E-state index >= 15 is 0 Å². The number of nitrogens with one attached hydrogen (secondary N) is 2. The van der Waals surface area contributed by atoms with Gasteiger partial charge in [-0.25, -0.2) is 8.42 Å². The molecule has 4 nitrogen and oxygen atoms in total. The molecule has 2 rings (SSSR count). The van der Waals surface area contributed by atoms with Gasteiger partial charge in [-0.05, 0) is 55.0 Å². The highest BCUT2D eigenvalue weighted by Gasteiger charge is 2.14. The first-order valence-corrected chi connectivity index (χ1v) is 8.26. The van der Waals surface area contributed by atoms with Crippen molar-refractivity contribution in [2.45, 2.75) is 11.8 Å². The molecule has 0 aromatic heterocycles. The average Bonchev–Trinajstić information content (AvgIpc) is 2.37. The van der Waals surface area contributed by atoms with Crippen molar-refractivity contribution in [3.05, 3.63) is 52.5 Å². The third kappa shape index (κ3) is 3.52. The maximum Gasteiger partial charge on any atom is 0.261 e. The Hall–Kier alpha value is -1.53. The summed E-state index contributed by atoms with van der Waals surface area (Å²) in [5, 5.41) is 2.95. The Kier molecular flexibility index (Phi) is 4.35. The molecular weight excluding hydrogens is 340 g/mol. The zero-order valence-electron chi connectivity index (χ0n) is 11.1. The highest BCUT2D eigenvalue weighted by Crippen LogP contribution is 2.22. The lowest BCUT2D eigenvalue weighted by atomic mass is 10.2. The second-order valence-electron chi connectivity index (χ2n) is 4.40. The molecule has 6 heteroatoms. The van der Waals surface area contributed by atoms with E-state index in [1.807, 2.05) is 13.0 Å². The number of hydrogen-bond acceptors (Lipinski definition) is 3. The molecule has 2 aromatic rings. The molecule has 0 aliphatic carbocycles. The average molecular weight is 355 g/mol. The minimum atomic E-state index is -3.57. The zero-order chi connectivity index (χ0) is 14.8. The number of sulfonamides is 1. The summed E-state index contributed by atoms with van der Waals surface area (Å²) in [6, 6.07) is 12.0. The van der Waals surface area contributed by atoms with Crippen LogP contribution in [-0.4, -0.2) is 15.5 Å². The minimum absolute atomic E-state index is 0.231. The van der Waals surface area contributed by atoms with E-state index in [1.54, 1.807) is 43.4 Å². The molecule has 0 saturated carbocycles. The van der Waals surface area contributed by atoms with Gasteiger partial charge in [-0.2, -0.15) is 0 Å². The van der Waals surface area contributed by atoms with Crippen molar-refractivity contribution in [2.24, 2.45) is 0 Å². The van der Waals surface area contributed by atoms with Gasteiger partial charge < -0.3 is 5.32 Å². The molecule has 2 N–H and O–H groups in total. The molecular formula is C14H15BrN2O2S. The third-order valence-corrected chi connectivity index (χ3v) is 4.60. The van der Waals surface area contributed by atoms with Crippen molar-refractivity contribution in [3.63, 3.8) is 0 Å². The summed E-state index contributed by atoms with van der Waals surface area (Å²) < 4.78 is 28.0. The van der Waals surface area contributed by atoms with Gasteiger partial charge >= 0.3 is 0 Å². The summed E-state index contributed by atoms with van der Waals surface area (Å²) in [7, 11) is -1.79. The van der Waals surface area contributed by atoms with Gasteiger partial charge in [-0.15, -0.1) is 0 Å². The molecule has 0 amide bonds. The Morgan fingerprint density at radius 2 is 1.65 bits per heavy atom. The molecule has 0 unspecified atom stereocenters. The van der Waals surface area contributed by atoms with Gasteiger partial charge in [0.25, 0.3) is 10.0 Å². The predicted molar refractivity (Wildman–Crippen MR) is 85.7 cm³/mol. The molecule has 0 saturated heterocycles. The second-order valence-corrected chi connectivity index (χ2v) is 7.00. The fraction of sp³-hybridized carbons (Fsp3) is 0.143. The Bertz CT molecular complexity index is 692. The van der Waals surface area contributed by atoms with Crippen LogP contribution < -0.4 is 10.0 Å². The van der Waals surface area contributed by atoms with Crippen LogP contribution in [0.25, 0.3) is 0 Å². The topological polar surface area (TPSA) is 58.2 Å². The zero-order valence-corrected chi connectivity index (χ0v) is 13.5. The SMILES string of the molecule is CNc1ccc(S(=O)(=O)Nc2cc(C)cc(Br)c2)cc1. The van der Waals surface area contributed by atoms with Crippen molar-refractivity contribution < 1.29 is 8.42 Å². The molecule has 0 bridgehead atoms. The van der Waals surface area contributed by atoms with E-state index in [1.165, 1.54) is 0 Å². The van der Waals surface area contributed by atoms with Crippen LogP contribution in [0.2, 0.25) is 0 Å². The highest BCUT2D eigenvalue weighted by molar-refractivity contribution is 9.10. The summed E-state index contributed by atoms with van der Waals surface area (Å²) in [4.78, 5) is 0.231. The molecule has 2 aromatic carbocycles. The maximum atomic E-state index is 12.3. The van der Waals surface area contributed by atoms with Gasteiger partial charge in [0, 0.05) is 17.2 Å². The number of halogens is 1. The molecule has 0 heterocycles. The third-order valence-electron chi connectivity index (χ3n) is 2.75. The first-order valence-electron chi connectivity index (χ1n) is 5.98. The van der Waals surface area contributed by atoms with E-state index in [-0.39, 0.29) is 4.90 Å². The van der Waals surface area contributed by atoms with Crippen LogP contribution in [0.1, 0.15) is 5.56 Å². The Balaban J connectivity index is 2.30. The van der Waals surface area contributed by atoms with E-state index in [9.17, 15) is 8.42 Å². The van der Waals surface area contributed by atoms with Crippen molar-refractivity contribution in [1.82, 2.24) is 0 Å². The normalized spacial score (nSPS) is 11.2. The van der Waals surface area contributed by atoms with E-state index in [0.29, 0.717) is 5.69 Å². The lowest BCUT2D eigenvalue weighted by Gasteiger charge is -2.10. The first-order chi connectivity index (χ1) is 9.40. The van der Waals surface area contributed by atoms with Gasteiger partial charge in [-0.3, -0.25) is 4.72 Å². The summed E-state index contributed by atoms with van der Waals surface area (Å²) in [6.07, 6.45) is 0. The van der Waals surface area contributed by atoms with Crippen molar-refractivity contribution >= 4 is 37.3 Å². The fourth-order valence-corrected chi connectivity index (χ4v) is 3.46. The molecule has 106 valence electrons. The predicted octanol–water partition coefficient (Wildman–Crippen LogP) is 3.60. The van der Waals surface area contributed by atoms with Gasteiger partial charge in [0.05, 0.1) is 10.6 Å². The van der Waals surface area contributed by atoms with Crippen LogP contribution in [0.4, 0.5) is 11.4 Å². The quantitative estimate of drug-likeness (QED) is 0.881. The van der Waals surface area contributed by atoms with Crippen LogP contribution >= 0.6 is 15.9 Å². The van der Waals surface area contributed by atoms with Gasteiger partial charge in [0.15, 0.2) is 0 Å². The number of hydrogen-bond donors (Lipinski definition) is 2.